The Labute approximate surface area is 195 Å². The second kappa shape index (κ2) is 8.47. The number of hydrogen-bond donors (Lipinski definition) is 1. The maximum Gasteiger partial charge on any atom is 0.251 e. The first-order valence-corrected chi connectivity index (χ1v) is 11.0. The van der Waals surface area contributed by atoms with E-state index in [0.717, 1.165) is 22.4 Å². The van der Waals surface area contributed by atoms with Crippen molar-refractivity contribution < 1.29 is 23.7 Å². The number of nitrogens with zero attached hydrogens (tertiary/aromatic N) is 2. The van der Waals surface area contributed by atoms with Gasteiger partial charge in [0.1, 0.15) is 19.3 Å². The van der Waals surface area contributed by atoms with Gasteiger partial charge in [0, 0.05) is 17.1 Å². The summed E-state index contributed by atoms with van der Waals surface area (Å²) in [5.74, 6) is 3.25. The number of benzene rings is 3. The van der Waals surface area contributed by atoms with Gasteiger partial charge in [-0.15, -0.1) is 0 Å². The van der Waals surface area contributed by atoms with Gasteiger partial charge in [-0.25, -0.2) is 4.68 Å². The largest absolute Gasteiger partial charge is 0.486 e. The Morgan fingerprint density at radius 2 is 1.76 bits per heavy atom. The lowest BCUT2D eigenvalue weighted by atomic mass is 10.1. The number of ether oxygens (including phenoxy) is 4. The number of nitrogens with one attached hydrogen (secondary N) is 1. The predicted octanol–water partition coefficient (Wildman–Crippen LogP) is 3.88. The summed E-state index contributed by atoms with van der Waals surface area (Å²) in [4.78, 5) is 12.7. The molecule has 1 atom stereocenters. The molecule has 170 valence electrons. The lowest BCUT2D eigenvalue weighted by Gasteiger charge is -2.26. The van der Waals surface area contributed by atoms with Crippen molar-refractivity contribution in [2.45, 2.75) is 6.10 Å². The molecule has 1 aromatic heterocycles. The zero-order valence-corrected chi connectivity index (χ0v) is 18.1. The molecular weight excluding hydrogens is 434 g/mol. The lowest BCUT2D eigenvalue weighted by molar-refractivity contribution is 0.0789. The molecule has 1 amide bonds. The van der Waals surface area contributed by atoms with Crippen LogP contribution in [0.4, 0.5) is 0 Å². The second-order valence-electron chi connectivity index (χ2n) is 8.02. The molecule has 0 aliphatic carbocycles. The summed E-state index contributed by atoms with van der Waals surface area (Å²) in [6.07, 6.45) is 3.37. The van der Waals surface area contributed by atoms with Crippen LogP contribution in [-0.4, -0.2) is 41.6 Å². The molecule has 34 heavy (non-hydrogen) atoms. The molecule has 0 fully saturated rings. The molecule has 2 aliphatic heterocycles. The van der Waals surface area contributed by atoms with Gasteiger partial charge in [-0.3, -0.25) is 4.79 Å². The minimum atomic E-state index is -0.250. The van der Waals surface area contributed by atoms with Crippen molar-refractivity contribution >= 4 is 23.0 Å². The summed E-state index contributed by atoms with van der Waals surface area (Å²) in [5.41, 5.74) is 1.31. The van der Waals surface area contributed by atoms with Crippen molar-refractivity contribution in [2.24, 2.45) is 0 Å². The fraction of sp³-hybridized carbons (Fsp3) is 0.154. The van der Waals surface area contributed by atoms with E-state index in [2.05, 4.69) is 10.4 Å². The first-order chi connectivity index (χ1) is 16.7. The molecule has 6 rings (SSSR count). The third kappa shape index (κ3) is 4.01. The van der Waals surface area contributed by atoms with Crippen LogP contribution in [0.25, 0.3) is 17.1 Å². The van der Waals surface area contributed by atoms with E-state index in [1.165, 1.54) is 0 Å². The van der Waals surface area contributed by atoms with Crippen LogP contribution < -0.4 is 24.3 Å². The Hall–Kier alpha value is -4.46. The van der Waals surface area contributed by atoms with E-state index in [-0.39, 0.29) is 12.0 Å². The minimum absolute atomic E-state index is 0.184. The molecule has 1 unspecified atom stereocenters. The Kier molecular flexibility index (Phi) is 5.03. The fourth-order valence-corrected chi connectivity index (χ4v) is 3.91. The lowest BCUT2D eigenvalue weighted by Crippen LogP contribution is -2.40. The monoisotopic (exact) mass is 455 g/mol. The minimum Gasteiger partial charge on any atom is -0.486 e. The summed E-state index contributed by atoms with van der Waals surface area (Å²) in [6, 6.07) is 20.4. The summed E-state index contributed by atoms with van der Waals surface area (Å²) < 4.78 is 24.9. The van der Waals surface area contributed by atoms with E-state index in [1.54, 1.807) is 16.9 Å². The Morgan fingerprint density at radius 1 is 1.00 bits per heavy atom. The molecule has 0 saturated carbocycles. The molecule has 3 heterocycles. The van der Waals surface area contributed by atoms with Crippen LogP contribution in [0.3, 0.4) is 0 Å². The summed E-state index contributed by atoms with van der Waals surface area (Å²) in [7, 11) is 0. The molecule has 2 aliphatic rings. The van der Waals surface area contributed by atoms with Gasteiger partial charge in [-0.2, -0.15) is 5.10 Å². The average Bonchev–Trinajstić information content (AvgIpc) is 3.28. The highest BCUT2D eigenvalue weighted by atomic mass is 16.6. The van der Waals surface area contributed by atoms with E-state index >= 15 is 0 Å². The van der Waals surface area contributed by atoms with Crippen molar-refractivity contribution in [3.05, 3.63) is 84.2 Å². The highest BCUT2D eigenvalue weighted by Crippen LogP contribution is 2.32. The smallest absolute Gasteiger partial charge is 0.251 e. The number of rotatable bonds is 4. The molecule has 1 N–H and O–H groups in total. The van der Waals surface area contributed by atoms with Crippen LogP contribution in [-0.2, 0) is 0 Å². The molecule has 8 heteroatoms. The summed E-state index contributed by atoms with van der Waals surface area (Å²) in [5, 5.41) is 8.31. The summed E-state index contributed by atoms with van der Waals surface area (Å²) >= 11 is 0. The Balaban J connectivity index is 1.12. The summed E-state index contributed by atoms with van der Waals surface area (Å²) in [6.45, 7) is 1.04. The van der Waals surface area contributed by atoms with Gasteiger partial charge in [-0.1, -0.05) is 24.3 Å². The topological polar surface area (TPSA) is 83.8 Å². The van der Waals surface area contributed by atoms with Crippen molar-refractivity contribution in [1.82, 2.24) is 15.1 Å². The van der Waals surface area contributed by atoms with Gasteiger partial charge < -0.3 is 24.3 Å². The predicted molar refractivity (Wildman–Crippen MR) is 125 cm³/mol. The molecule has 0 saturated heterocycles. The maximum atomic E-state index is 12.7. The van der Waals surface area contributed by atoms with Gasteiger partial charge in [0.2, 0.25) is 0 Å². The Bertz CT molecular complexity index is 1410. The van der Waals surface area contributed by atoms with Crippen LogP contribution in [0.1, 0.15) is 10.4 Å². The standard InChI is InChI=1S/C26H21N3O5/c30-26(27-12-19-15-31-22-5-1-3-7-24(22)33-19)17-9-10-21-18(11-17)13-29(28-21)14-20-16-32-23-6-2-4-8-25(23)34-20/h1-11,13-14,19H,12,15-16H2,(H,27,30)/b20-14+. The van der Waals surface area contributed by atoms with Crippen molar-refractivity contribution in [3.8, 4) is 23.0 Å². The van der Waals surface area contributed by atoms with Gasteiger partial charge in [0.15, 0.2) is 28.8 Å². The average molecular weight is 455 g/mol. The van der Waals surface area contributed by atoms with Gasteiger partial charge in [-0.05, 0) is 42.5 Å². The number of aromatic nitrogens is 2. The van der Waals surface area contributed by atoms with Gasteiger partial charge in [0.25, 0.3) is 5.91 Å². The van der Waals surface area contributed by atoms with Crippen LogP contribution in [0.2, 0.25) is 0 Å². The molecule has 0 spiro atoms. The Morgan fingerprint density at radius 3 is 2.62 bits per heavy atom. The van der Waals surface area contributed by atoms with Crippen LogP contribution in [0.5, 0.6) is 23.0 Å². The molecule has 0 radical (unpaired) electrons. The van der Waals surface area contributed by atoms with Crippen molar-refractivity contribution in [2.75, 3.05) is 19.8 Å². The number of para-hydroxylation sites is 4. The van der Waals surface area contributed by atoms with E-state index < -0.39 is 0 Å². The highest BCUT2D eigenvalue weighted by Gasteiger charge is 2.21. The van der Waals surface area contributed by atoms with Crippen LogP contribution >= 0.6 is 0 Å². The van der Waals surface area contributed by atoms with E-state index in [0.29, 0.717) is 42.6 Å². The maximum absolute atomic E-state index is 12.7. The quantitative estimate of drug-likeness (QED) is 0.503. The SMILES string of the molecule is O=C(NCC1COc2ccccc2O1)c1ccc2nn(/C=C3\COc4ccccc4O3)cc2c1. The number of carbonyl (C=O) groups excluding carboxylic acids is 1. The molecule has 0 bridgehead atoms. The van der Waals surface area contributed by atoms with Gasteiger partial charge in [0.05, 0.1) is 18.3 Å². The first-order valence-electron chi connectivity index (χ1n) is 11.0. The molecule has 8 nitrogen and oxygen atoms in total. The number of carbonyl (C=O) groups is 1. The van der Waals surface area contributed by atoms with Crippen LogP contribution in [0, 0.1) is 0 Å². The van der Waals surface area contributed by atoms with E-state index in [4.69, 9.17) is 18.9 Å². The van der Waals surface area contributed by atoms with Crippen molar-refractivity contribution in [3.63, 3.8) is 0 Å². The molecule has 3 aromatic carbocycles. The number of hydrogen-bond acceptors (Lipinski definition) is 6. The van der Waals surface area contributed by atoms with Crippen LogP contribution in [0.15, 0.2) is 78.7 Å². The zero-order chi connectivity index (χ0) is 22.9. The second-order valence-corrected chi connectivity index (χ2v) is 8.02. The van der Waals surface area contributed by atoms with E-state index in [9.17, 15) is 4.79 Å². The number of fused-ring (bicyclic) bond motifs is 3. The fourth-order valence-electron chi connectivity index (χ4n) is 3.91. The first kappa shape index (κ1) is 20.2. The highest BCUT2D eigenvalue weighted by molar-refractivity contribution is 5.98. The normalized spacial score (nSPS) is 17.5. The third-order valence-electron chi connectivity index (χ3n) is 5.58. The van der Waals surface area contributed by atoms with Gasteiger partial charge >= 0.3 is 0 Å². The third-order valence-corrected chi connectivity index (χ3v) is 5.58. The zero-order valence-electron chi connectivity index (χ0n) is 18.1. The number of amides is 1. The molecular formula is C26H21N3O5. The van der Waals surface area contributed by atoms with E-state index in [1.807, 2.05) is 66.9 Å². The van der Waals surface area contributed by atoms with Crippen molar-refractivity contribution in [1.29, 1.82) is 0 Å². The molecule has 4 aromatic rings.